The van der Waals surface area contributed by atoms with Crippen LogP contribution in [0.15, 0.2) is 48.5 Å². The Kier molecular flexibility index (Phi) is 4.74. The van der Waals surface area contributed by atoms with Crippen LogP contribution in [0.25, 0.3) is 0 Å². The summed E-state index contributed by atoms with van der Waals surface area (Å²) in [7, 11) is 1.91. The van der Waals surface area contributed by atoms with E-state index in [0.717, 1.165) is 0 Å². The lowest BCUT2D eigenvalue weighted by Crippen LogP contribution is -2.31. The molecule has 0 heterocycles. The molecule has 0 aliphatic carbocycles. The number of nitrogens with one attached hydrogen (secondary N) is 1. The van der Waals surface area contributed by atoms with E-state index in [1.54, 1.807) is 19.1 Å². The van der Waals surface area contributed by atoms with Gasteiger partial charge in [-0.1, -0.05) is 30.3 Å². The Hall–Kier alpha value is -1.87. The van der Waals surface area contributed by atoms with Gasteiger partial charge in [-0.3, -0.25) is 0 Å². The van der Waals surface area contributed by atoms with Crippen LogP contribution in [-0.2, 0) is 0 Å². The van der Waals surface area contributed by atoms with Crippen molar-refractivity contribution in [1.29, 1.82) is 0 Å². The Morgan fingerprint density at radius 2 is 1.80 bits per heavy atom. The van der Waals surface area contributed by atoms with E-state index in [9.17, 15) is 4.39 Å². The molecule has 0 spiro atoms. The van der Waals surface area contributed by atoms with Gasteiger partial charge in [0.1, 0.15) is 17.7 Å². The molecule has 0 bridgehead atoms. The predicted molar refractivity (Wildman–Crippen MR) is 79.5 cm³/mol. The molecule has 3 heteroatoms. The summed E-state index contributed by atoms with van der Waals surface area (Å²) in [5.74, 6) is 0.478. The molecule has 2 atom stereocenters. The van der Waals surface area contributed by atoms with E-state index in [2.05, 4.69) is 17.4 Å². The highest BCUT2D eigenvalue weighted by Crippen LogP contribution is 2.23. The quantitative estimate of drug-likeness (QED) is 0.893. The van der Waals surface area contributed by atoms with Crippen LogP contribution in [-0.4, -0.2) is 13.2 Å². The lowest BCUT2D eigenvalue weighted by atomic mass is 10.0. The van der Waals surface area contributed by atoms with Crippen molar-refractivity contribution in [2.75, 3.05) is 7.05 Å². The lowest BCUT2D eigenvalue weighted by molar-refractivity contribution is 0.175. The van der Waals surface area contributed by atoms with Gasteiger partial charge in [0, 0.05) is 0 Å². The molecule has 2 rings (SSSR count). The van der Waals surface area contributed by atoms with Crippen LogP contribution in [0, 0.1) is 12.7 Å². The number of likely N-dealkylation sites (N-methyl/N-ethyl adjacent to an activating group) is 1. The molecule has 0 aliphatic rings. The van der Waals surface area contributed by atoms with Crippen LogP contribution in [0.4, 0.5) is 4.39 Å². The van der Waals surface area contributed by atoms with Crippen LogP contribution in [0.2, 0.25) is 0 Å². The zero-order chi connectivity index (χ0) is 14.5. The number of hydrogen-bond donors (Lipinski definition) is 1. The fourth-order valence-electron chi connectivity index (χ4n) is 2.31. The third-order valence-corrected chi connectivity index (χ3v) is 3.39. The van der Waals surface area contributed by atoms with Crippen LogP contribution in [0.3, 0.4) is 0 Å². The van der Waals surface area contributed by atoms with Crippen molar-refractivity contribution in [2.45, 2.75) is 26.0 Å². The number of benzene rings is 2. The summed E-state index contributed by atoms with van der Waals surface area (Å²) in [6, 6.07) is 15.1. The van der Waals surface area contributed by atoms with Crippen LogP contribution in [0.1, 0.15) is 24.1 Å². The molecular formula is C17H20FNO. The van der Waals surface area contributed by atoms with Crippen molar-refractivity contribution in [1.82, 2.24) is 5.32 Å². The first-order valence-corrected chi connectivity index (χ1v) is 6.77. The van der Waals surface area contributed by atoms with Gasteiger partial charge >= 0.3 is 0 Å². The number of halogens is 1. The van der Waals surface area contributed by atoms with Crippen molar-refractivity contribution < 1.29 is 9.13 Å². The molecule has 1 N–H and O–H groups in total. The first kappa shape index (κ1) is 14.5. The van der Waals surface area contributed by atoms with Gasteiger partial charge in [-0.2, -0.15) is 0 Å². The molecule has 0 aromatic heterocycles. The van der Waals surface area contributed by atoms with Crippen LogP contribution >= 0.6 is 0 Å². The third-order valence-electron chi connectivity index (χ3n) is 3.39. The maximum absolute atomic E-state index is 13.3. The molecule has 0 saturated carbocycles. The molecule has 20 heavy (non-hydrogen) atoms. The van der Waals surface area contributed by atoms with E-state index < -0.39 is 0 Å². The van der Waals surface area contributed by atoms with Crippen LogP contribution < -0.4 is 10.1 Å². The monoisotopic (exact) mass is 273 g/mol. The topological polar surface area (TPSA) is 21.3 Å². The Morgan fingerprint density at radius 1 is 1.10 bits per heavy atom. The van der Waals surface area contributed by atoms with Gasteiger partial charge in [0.05, 0.1) is 6.04 Å². The average Bonchev–Trinajstić information content (AvgIpc) is 2.45. The largest absolute Gasteiger partial charge is 0.489 e. The first-order valence-electron chi connectivity index (χ1n) is 6.77. The SMILES string of the molecule is CNC(c1ccccc1)C(C)Oc1ccc(F)c(C)c1. The smallest absolute Gasteiger partial charge is 0.126 e. The van der Waals surface area contributed by atoms with Crippen molar-refractivity contribution in [3.63, 3.8) is 0 Å². The summed E-state index contributed by atoms with van der Waals surface area (Å²) in [5, 5.41) is 3.27. The van der Waals surface area contributed by atoms with E-state index in [1.165, 1.54) is 11.6 Å². The van der Waals surface area contributed by atoms with E-state index in [1.807, 2.05) is 32.2 Å². The van der Waals surface area contributed by atoms with E-state index in [0.29, 0.717) is 11.3 Å². The highest BCUT2D eigenvalue weighted by molar-refractivity contribution is 5.29. The summed E-state index contributed by atoms with van der Waals surface area (Å²) in [5.41, 5.74) is 1.76. The standard InChI is InChI=1S/C17H20FNO/c1-12-11-15(9-10-16(12)18)20-13(2)17(19-3)14-7-5-4-6-8-14/h4-11,13,17,19H,1-3H3. The molecule has 0 amide bonds. The zero-order valence-corrected chi connectivity index (χ0v) is 12.1. The second kappa shape index (κ2) is 6.53. The van der Waals surface area contributed by atoms with E-state index in [-0.39, 0.29) is 18.0 Å². The Balaban J connectivity index is 2.13. The Bertz CT molecular complexity index is 556. The van der Waals surface area contributed by atoms with Gasteiger partial charge < -0.3 is 10.1 Å². The highest BCUT2D eigenvalue weighted by Gasteiger charge is 2.19. The van der Waals surface area contributed by atoms with Gasteiger partial charge in [0.25, 0.3) is 0 Å². The van der Waals surface area contributed by atoms with Gasteiger partial charge in [-0.15, -0.1) is 0 Å². The summed E-state index contributed by atoms with van der Waals surface area (Å²) < 4.78 is 19.2. The first-order chi connectivity index (χ1) is 9.61. The number of hydrogen-bond acceptors (Lipinski definition) is 2. The van der Waals surface area contributed by atoms with Crippen LogP contribution in [0.5, 0.6) is 5.75 Å². The van der Waals surface area contributed by atoms with Crippen molar-refractivity contribution >= 4 is 0 Å². The fourth-order valence-corrected chi connectivity index (χ4v) is 2.31. The molecule has 0 saturated heterocycles. The summed E-state index contributed by atoms with van der Waals surface area (Å²) in [6.07, 6.45) is -0.0627. The second-order valence-corrected chi connectivity index (χ2v) is 4.91. The zero-order valence-electron chi connectivity index (χ0n) is 12.1. The maximum atomic E-state index is 13.3. The van der Waals surface area contributed by atoms with E-state index >= 15 is 0 Å². The third kappa shape index (κ3) is 3.36. The fraction of sp³-hybridized carbons (Fsp3) is 0.294. The molecule has 106 valence electrons. The van der Waals surface area contributed by atoms with E-state index in [4.69, 9.17) is 4.74 Å². The molecule has 0 radical (unpaired) electrons. The molecule has 0 fully saturated rings. The maximum Gasteiger partial charge on any atom is 0.126 e. The molecule has 2 unspecified atom stereocenters. The predicted octanol–water partition coefficient (Wildman–Crippen LogP) is 3.86. The summed E-state index contributed by atoms with van der Waals surface area (Å²) in [6.45, 7) is 3.74. The molecule has 2 aromatic carbocycles. The lowest BCUT2D eigenvalue weighted by Gasteiger charge is -2.25. The Labute approximate surface area is 119 Å². The van der Waals surface area contributed by atoms with Gasteiger partial charge in [-0.25, -0.2) is 4.39 Å². The second-order valence-electron chi connectivity index (χ2n) is 4.91. The van der Waals surface area contributed by atoms with Crippen molar-refractivity contribution in [2.24, 2.45) is 0 Å². The van der Waals surface area contributed by atoms with Gasteiger partial charge in [-0.05, 0) is 50.2 Å². The minimum atomic E-state index is -0.210. The molecular weight excluding hydrogens is 253 g/mol. The minimum absolute atomic E-state index is 0.0627. The normalized spacial score (nSPS) is 13.8. The number of aryl methyl sites for hydroxylation is 1. The molecule has 2 nitrogen and oxygen atoms in total. The van der Waals surface area contributed by atoms with Gasteiger partial charge in [0.2, 0.25) is 0 Å². The molecule has 0 aliphatic heterocycles. The summed E-state index contributed by atoms with van der Waals surface area (Å²) in [4.78, 5) is 0. The molecule has 2 aromatic rings. The Morgan fingerprint density at radius 3 is 2.40 bits per heavy atom. The van der Waals surface area contributed by atoms with Crippen molar-refractivity contribution in [3.8, 4) is 5.75 Å². The van der Waals surface area contributed by atoms with Crippen molar-refractivity contribution in [3.05, 3.63) is 65.5 Å². The number of rotatable bonds is 5. The highest BCUT2D eigenvalue weighted by atomic mass is 19.1. The minimum Gasteiger partial charge on any atom is -0.489 e. The average molecular weight is 273 g/mol. The van der Waals surface area contributed by atoms with Gasteiger partial charge in [0.15, 0.2) is 0 Å². The summed E-state index contributed by atoms with van der Waals surface area (Å²) >= 11 is 0. The number of ether oxygens (including phenoxy) is 1.